The van der Waals surface area contributed by atoms with Gasteiger partial charge in [0.25, 0.3) is 0 Å². The Morgan fingerprint density at radius 2 is 1.20 bits per heavy atom. The lowest BCUT2D eigenvalue weighted by Gasteiger charge is -2.30. The lowest BCUT2D eigenvalue weighted by Crippen LogP contribution is -2.55. The second kappa shape index (κ2) is 4.55. The van der Waals surface area contributed by atoms with Crippen LogP contribution < -0.4 is 4.98 Å². The first-order valence-corrected chi connectivity index (χ1v) is 16.1. The maximum atomic E-state index is 5.01. The number of amidine groups is 1. The molecule has 0 aliphatic carbocycles. The Labute approximate surface area is 98.8 Å². The predicted octanol–water partition coefficient (Wildman–Crippen LogP) is 3.52. The van der Waals surface area contributed by atoms with Gasteiger partial charge >= 0.3 is 0 Å². The lowest BCUT2D eigenvalue weighted by atomic mass is 11.3. The van der Waals surface area contributed by atoms with E-state index < -0.39 is 24.5 Å². The largest absolute Gasteiger partial charge is 0.404 e. The number of rotatable bonds is 3. The number of nitrogens with one attached hydrogen (secondary N) is 1. The molecule has 0 bridgehead atoms. The van der Waals surface area contributed by atoms with Gasteiger partial charge < -0.3 is 9.64 Å². The van der Waals surface area contributed by atoms with Gasteiger partial charge in [-0.15, -0.1) is 0 Å². The average molecular weight is 261 g/mol. The molecular formula is C10H28N2Si3. The van der Waals surface area contributed by atoms with E-state index >= 15 is 0 Å². The summed E-state index contributed by atoms with van der Waals surface area (Å²) in [5, 5.41) is 0. The third-order valence-corrected chi connectivity index (χ3v) is 5.66. The Morgan fingerprint density at radius 1 is 0.800 bits per heavy atom. The molecule has 1 N–H and O–H groups in total. The molecule has 0 aromatic heterocycles. The first-order chi connectivity index (χ1) is 6.31. The summed E-state index contributed by atoms with van der Waals surface area (Å²) in [6.45, 7) is 21.1. The molecule has 0 rings (SSSR count). The normalized spacial score (nSPS) is 15.4. The van der Waals surface area contributed by atoms with Crippen molar-refractivity contribution in [3.05, 3.63) is 0 Å². The minimum absolute atomic E-state index is 1.25. The molecule has 5 heteroatoms. The molecule has 0 aliphatic heterocycles. The van der Waals surface area contributed by atoms with Crippen molar-refractivity contribution >= 4 is 30.0 Å². The zero-order valence-corrected chi connectivity index (χ0v) is 14.9. The van der Waals surface area contributed by atoms with E-state index in [1.54, 1.807) is 0 Å². The molecule has 0 aromatic rings. The summed E-state index contributed by atoms with van der Waals surface area (Å²) in [4.78, 5) is 3.74. The van der Waals surface area contributed by atoms with Gasteiger partial charge in [-0.3, -0.25) is 0 Å². The first-order valence-electron chi connectivity index (χ1n) is 5.70. The quantitative estimate of drug-likeness (QED) is 0.469. The van der Waals surface area contributed by atoms with Gasteiger partial charge in [0, 0.05) is 0 Å². The third kappa shape index (κ3) is 7.98. The Morgan fingerprint density at radius 3 is 1.40 bits per heavy atom. The van der Waals surface area contributed by atoms with Crippen molar-refractivity contribution in [2.45, 2.75) is 58.9 Å². The number of hydrogen-bond acceptors (Lipinski definition) is 1. The van der Waals surface area contributed by atoms with Crippen LogP contribution in [0.15, 0.2) is 4.66 Å². The van der Waals surface area contributed by atoms with Gasteiger partial charge in [0.1, 0.15) is 16.3 Å². The Balaban J connectivity index is 5.02. The highest BCUT2D eigenvalue weighted by Gasteiger charge is 2.28. The molecule has 90 valence electrons. The van der Waals surface area contributed by atoms with E-state index in [1.807, 2.05) is 0 Å². The van der Waals surface area contributed by atoms with Gasteiger partial charge in [0.2, 0.25) is 0 Å². The minimum Gasteiger partial charge on any atom is -0.404 e. The Bertz CT molecular complexity index is 241. The SMILES string of the molecule is C[Si](C)(C)/N=C(/N[Si](C)(C)C)[Si](C)(C)C. The molecule has 0 heterocycles. The molecule has 0 aromatic carbocycles. The molecule has 0 fully saturated rings. The van der Waals surface area contributed by atoms with Crippen LogP contribution in [0.3, 0.4) is 0 Å². The second-order valence-corrected chi connectivity index (χ2v) is 21.5. The van der Waals surface area contributed by atoms with Gasteiger partial charge in [-0.1, -0.05) is 39.3 Å². The van der Waals surface area contributed by atoms with Crippen LogP contribution in [-0.2, 0) is 0 Å². The zero-order chi connectivity index (χ0) is 12.5. The molecule has 0 unspecified atom stereocenters. The third-order valence-electron chi connectivity index (χ3n) is 1.65. The Hall–Kier alpha value is 0.121. The van der Waals surface area contributed by atoms with E-state index in [-0.39, 0.29) is 0 Å². The molecule has 0 atom stereocenters. The van der Waals surface area contributed by atoms with Crippen LogP contribution in [0.5, 0.6) is 0 Å². The summed E-state index contributed by atoms with van der Waals surface area (Å²) < 4.78 is 5.01. The van der Waals surface area contributed by atoms with E-state index in [0.29, 0.717) is 0 Å². The van der Waals surface area contributed by atoms with E-state index in [1.165, 1.54) is 5.46 Å². The van der Waals surface area contributed by atoms with Crippen molar-refractivity contribution in [1.82, 2.24) is 4.98 Å². The van der Waals surface area contributed by atoms with Gasteiger partial charge in [0.15, 0.2) is 8.24 Å². The summed E-state index contributed by atoms with van der Waals surface area (Å²) in [6, 6.07) is 0. The average Bonchev–Trinajstić information content (AvgIpc) is 1.75. The molecule has 0 spiro atoms. The smallest absolute Gasteiger partial charge is 0.173 e. The van der Waals surface area contributed by atoms with Crippen molar-refractivity contribution in [2.24, 2.45) is 4.66 Å². The zero-order valence-electron chi connectivity index (χ0n) is 11.9. The standard InChI is InChI=1S/C10H28N2Si3/c1-13(2,3)10(11-14(4,5)6)12-15(7,8)9/h1-9H3,(H,11,12). The van der Waals surface area contributed by atoms with Gasteiger partial charge in [-0.25, -0.2) is 0 Å². The lowest BCUT2D eigenvalue weighted by molar-refractivity contribution is 1.33. The van der Waals surface area contributed by atoms with Crippen LogP contribution in [0.1, 0.15) is 0 Å². The molecule has 0 saturated carbocycles. The highest BCUT2D eigenvalue weighted by atomic mass is 28.3. The Kier molecular flexibility index (Phi) is 4.58. The van der Waals surface area contributed by atoms with E-state index in [0.717, 1.165) is 0 Å². The van der Waals surface area contributed by atoms with Crippen LogP contribution in [0.4, 0.5) is 0 Å². The van der Waals surface area contributed by atoms with Gasteiger partial charge in [0.05, 0.1) is 5.46 Å². The van der Waals surface area contributed by atoms with Crippen LogP contribution >= 0.6 is 0 Å². The van der Waals surface area contributed by atoms with Crippen molar-refractivity contribution in [3.63, 3.8) is 0 Å². The summed E-state index contributed by atoms with van der Waals surface area (Å²) in [6.07, 6.45) is 0. The molecule has 0 radical (unpaired) electrons. The van der Waals surface area contributed by atoms with Crippen LogP contribution in [-0.4, -0.2) is 30.0 Å². The molecular weight excluding hydrogens is 232 g/mol. The van der Waals surface area contributed by atoms with Crippen LogP contribution in [0.2, 0.25) is 58.9 Å². The molecule has 15 heavy (non-hydrogen) atoms. The van der Waals surface area contributed by atoms with Crippen molar-refractivity contribution < 1.29 is 0 Å². The maximum absolute atomic E-state index is 5.01. The topological polar surface area (TPSA) is 24.4 Å². The van der Waals surface area contributed by atoms with E-state index in [9.17, 15) is 0 Å². The van der Waals surface area contributed by atoms with Crippen molar-refractivity contribution in [3.8, 4) is 0 Å². The highest BCUT2D eigenvalue weighted by Crippen LogP contribution is 2.11. The summed E-state index contributed by atoms with van der Waals surface area (Å²) in [7, 11) is -3.90. The summed E-state index contributed by atoms with van der Waals surface area (Å²) in [5.74, 6) is 0. The van der Waals surface area contributed by atoms with E-state index in [4.69, 9.17) is 4.66 Å². The first kappa shape index (κ1) is 15.1. The fraction of sp³-hybridized carbons (Fsp3) is 0.900. The fourth-order valence-corrected chi connectivity index (χ4v) is 7.65. The second-order valence-electron chi connectivity index (χ2n) is 7.26. The fourth-order valence-electron chi connectivity index (χ4n) is 1.07. The molecule has 0 saturated heterocycles. The predicted molar refractivity (Wildman–Crippen MR) is 80.6 cm³/mol. The monoisotopic (exact) mass is 260 g/mol. The van der Waals surface area contributed by atoms with E-state index in [2.05, 4.69) is 63.9 Å². The van der Waals surface area contributed by atoms with Crippen LogP contribution in [0, 0.1) is 0 Å². The van der Waals surface area contributed by atoms with Crippen molar-refractivity contribution in [2.75, 3.05) is 0 Å². The molecule has 2 nitrogen and oxygen atoms in total. The minimum atomic E-state index is -1.35. The van der Waals surface area contributed by atoms with Gasteiger partial charge in [-0.2, -0.15) is 0 Å². The molecule has 0 aliphatic rings. The van der Waals surface area contributed by atoms with Gasteiger partial charge in [-0.05, 0) is 19.6 Å². The summed E-state index contributed by atoms with van der Waals surface area (Å²) in [5.41, 5.74) is 1.35. The summed E-state index contributed by atoms with van der Waals surface area (Å²) >= 11 is 0. The number of hydrogen-bond donors (Lipinski definition) is 1. The van der Waals surface area contributed by atoms with Crippen LogP contribution in [0.25, 0.3) is 0 Å². The number of nitrogens with zero attached hydrogens (tertiary/aromatic N) is 1. The maximum Gasteiger partial charge on any atom is 0.173 e. The van der Waals surface area contributed by atoms with Crippen molar-refractivity contribution in [1.29, 1.82) is 0 Å². The highest BCUT2D eigenvalue weighted by molar-refractivity contribution is 7.07. The molecule has 0 amide bonds.